The van der Waals surface area contributed by atoms with Crippen LogP contribution in [0.1, 0.15) is 163 Å². The average molecular weight is 489 g/mol. The van der Waals surface area contributed by atoms with E-state index >= 15 is 0 Å². The van der Waals surface area contributed by atoms with Crippen LogP contribution >= 0.6 is 0 Å². The molecule has 0 radical (unpaired) electrons. The number of carbonyl (C=O) groups excluding carboxylic acids is 1. The Hall–Kier alpha value is -1.31. The van der Waals surface area contributed by atoms with E-state index in [0.29, 0.717) is 13.0 Å². The molecule has 0 rings (SSSR count). The molecule has 0 aromatic heterocycles. The Kier molecular flexibility index (Phi) is 24.8. The fourth-order valence-corrected chi connectivity index (χ4v) is 4.33. The van der Waals surface area contributed by atoms with E-state index in [2.05, 4.69) is 52.8 Å². The summed E-state index contributed by atoms with van der Waals surface area (Å²) < 4.78 is 5.40. The van der Waals surface area contributed by atoms with Gasteiger partial charge in [0.2, 0.25) is 0 Å². The molecule has 0 aromatic rings. The fraction of sp³-hybridized carbons (Fsp3) is 0.788. The molecule has 0 aliphatic rings. The summed E-state index contributed by atoms with van der Waals surface area (Å²) in [5.41, 5.74) is 4.16. The van der Waals surface area contributed by atoms with Gasteiger partial charge in [-0.1, -0.05) is 126 Å². The number of esters is 1. The zero-order valence-corrected chi connectivity index (χ0v) is 24.4. The molecule has 0 fully saturated rings. The van der Waals surface area contributed by atoms with Crippen molar-refractivity contribution in [2.45, 2.75) is 163 Å². The third-order valence-electron chi connectivity index (χ3n) is 6.78. The molecule has 0 atom stereocenters. The molecule has 2 heteroatoms. The van der Waals surface area contributed by atoms with Gasteiger partial charge in [-0.2, -0.15) is 0 Å². The van der Waals surface area contributed by atoms with Gasteiger partial charge in [0.05, 0.1) is 0 Å². The molecule has 0 saturated carbocycles. The molecule has 2 nitrogen and oxygen atoms in total. The number of rotatable bonds is 24. The first kappa shape index (κ1) is 33.7. The number of hydrogen-bond acceptors (Lipinski definition) is 2. The molecule has 0 aromatic carbocycles. The Bertz CT molecular complexity index is 578. The van der Waals surface area contributed by atoms with Gasteiger partial charge in [0.1, 0.15) is 6.61 Å². The quantitative estimate of drug-likeness (QED) is 0.0767. The maximum atomic E-state index is 11.9. The highest BCUT2D eigenvalue weighted by atomic mass is 16.5. The van der Waals surface area contributed by atoms with Crippen molar-refractivity contribution in [3.05, 3.63) is 34.9 Å². The van der Waals surface area contributed by atoms with Crippen LogP contribution < -0.4 is 0 Å². The molecule has 0 aliphatic heterocycles. The summed E-state index contributed by atoms with van der Waals surface area (Å²) in [7, 11) is 0. The van der Waals surface area contributed by atoms with Crippen LogP contribution in [-0.4, -0.2) is 12.6 Å². The van der Waals surface area contributed by atoms with Crippen molar-refractivity contribution in [3.63, 3.8) is 0 Å². The van der Waals surface area contributed by atoms with E-state index in [9.17, 15) is 4.79 Å². The lowest BCUT2D eigenvalue weighted by atomic mass is 10.0. The van der Waals surface area contributed by atoms with Gasteiger partial charge in [0, 0.05) is 6.42 Å². The van der Waals surface area contributed by atoms with E-state index in [4.69, 9.17) is 4.74 Å². The molecule has 0 spiro atoms. The fourth-order valence-electron chi connectivity index (χ4n) is 4.33. The number of hydrogen-bond donors (Lipinski definition) is 0. The predicted octanol–water partition coefficient (Wildman–Crippen LogP) is 11.2. The molecule has 0 heterocycles. The van der Waals surface area contributed by atoms with Crippen LogP contribution in [0.4, 0.5) is 0 Å². The number of carbonyl (C=O) groups is 1. The topological polar surface area (TPSA) is 26.3 Å². The van der Waals surface area contributed by atoms with Gasteiger partial charge in [-0.3, -0.25) is 4.79 Å². The van der Waals surface area contributed by atoms with E-state index in [1.807, 2.05) is 0 Å². The molecule has 0 unspecified atom stereocenters. The van der Waals surface area contributed by atoms with Crippen molar-refractivity contribution in [1.82, 2.24) is 0 Å². The van der Waals surface area contributed by atoms with E-state index in [-0.39, 0.29) is 5.97 Å². The number of allylic oxidation sites excluding steroid dienone is 5. The third-order valence-corrected chi connectivity index (χ3v) is 6.78. The first-order valence-electron chi connectivity index (χ1n) is 15.1. The molecular weight excluding hydrogens is 428 g/mol. The van der Waals surface area contributed by atoms with Crippen LogP contribution in [0.15, 0.2) is 34.9 Å². The minimum atomic E-state index is -0.0428. The maximum absolute atomic E-state index is 11.9. The van der Waals surface area contributed by atoms with Crippen LogP contribution in [0.3, 0.4) is 0 Å². The first-order valence-corrected chi connectivity index (χ1v) is 15.1. The molecule has 0 N–H and O–H groups in total. The summed E-state index contributed by atoms with van der Waals surface area (Å²) in [5.74, 6) is -0.0428. The van der Waals surface area contributed by atoms with Gasteiger partial charge >= 0.3 is 5.97 Å². The lowest BCUT2D eigenvalue weighted by Gasteiger charge is -2.05. The predicted molar refractivity (Wildman–Crippen MR) is 156 cm³/mol. The summed E-state index contributed by atoms with van der Waals surface area (Å²) in [6.07, 6.45) is 31.8. The minimum absolute atomic E-state index is 0.0428. The van der Waals surface area contributed by atoms with Crippen molar-refractivity contribution in [2.24, 2.45) is 0 Å². The van der Waals surface area contributed by atoms with Crippen molar-refractivity contribution < 1.29 is 9.53 Å². The van der Waals surface area contributed by atoms with Crippen molar-refractivity contribution in [1.29, 1.82) is 0 Å². The van der Waals surface area contributed by atoms with Gasteiger partial charge in [-0.25, -0.2) is 0 Å². The second kappa shape index (κ2) is 25.8. The van der Waals surface area contributed by atoms with Gasteiger partial charge in [0.25, 0.3) is 0 Å². The highest BCUT2D eigenvalue weighted by Gasteiger charge is 2.02. The summed E-state index contributed by atoms with van der Waals surface area (Å²) >= 11 is 0. The molecule has 0 amide bonds. The maximum Gasteiger partial charge on any atom is 0.306 e. The second-order valence-electron chi connectivity index (χ2n) is 10.8. The van der Waals surface area contributed by atoms with Crippen LogP contribution in [0.25, 0.3) is 0 Å². The third kappa shape index (κ3) is 27.1. The monoisotopic (exact) mass is 488 g/mol. The van der Waals surface area contributed by atoms with Gasteiger partial charge < -0.3 is 4.74 Å². The minimum Gasteiger partial charge on any atom is -0.461 e. The highest BCUT2D eigenvalue weighted by molar-refractivity contribution is 5.69. The standard InChI is InChI=1S/C33H60O2/c1-6-7-8-9-10-11-12-13-14-15-16-17-18-19-20-27-33(34)35-29-28-32(5)26-22-25-31(4)24-21-23-30(2)3/h23,25,28H,6-22,24,26-27,29H2,1-5H3/b31-25+,32-28+. The Morgan fingerprint density at radius 1 is 0.543 bits per heavy atom. The van der Waals surface area contributed by atoms with E-state index in [1.165, 1.54) is 100 Å². The van der Waals surface area contributed by atoms with Crippen LogP contribution in [0, 0.1) is 0 Å². The zero-order valence-electron chi connectivity index (χ0n) is 24.4. The van der Waals surface area contributed by atoms with E-state index < -0.39 is 0 Å². The Balaban J connectivity index is 3.52. The van der Waals surface area contributed by atoms with E-state index in [0.717, 1.165) is 38.5 Å². The summed E-state index contributed by atoms with van der Waals surface area (Å²) in [4.78, 5) is 11.9. The highest BCUT2D eigenvalue weighted by Crippen LogP contribution is 2.14. The van der Waals surface area contributed by atoms with Crippen molar-refractivity contribution in [2.75, 3.05) is 6.61 Å². The van der Waals surface area contributed by atoms with Gasteiger partial charge in [-0.05, 0) is 65.9 Å². The van der Waals surface area contributed by atoms with Crippen LogP contribution in [-0.2, 0) is 9.53 Å². The Labute approximate surface area is 220 Å². The first-order chi connectivity index (χ1) is 17.0. The van der Waals surface area contributed by atoms with Crippen molar-refractivity contribution in [3.8, 4) is 0 Å². The molecule has 0 saturated heterocycles. The van der Waals surface area contributed by atoms with Crippen LogP contribution in [0.2, 0.25) is 0 Å². The number of unbranched alkanes of at least 4 members (excludes halogenated alkanes) is 14. The molecule has 0 aliphatic carbocycles. The molecule has 0 bridgehead atoms. The summed E-state index contributed by atoms with van der Waals surface area (Å²) in [6, 6.07) is 0. The molecule has 35 heavy (non-hydrogen) atoms. The Morgan fingerprint density at radius 2 is 0.971 bits per heavy atom. The molecule has 204 valence electrons. The second-order valence-corrected chi connectivity index (χ2v) is 10.8. The van der Waals surface area contributed by atoms with Gasteiger partial charge in [0.15, 0.2) is 0 Å². The summed E-state index contributed by atoms with van der Waals surface area (Å²) in [5, 5.41) is 0. The van der Waals surface area contributed by atoms with Gasteiger partial charge in [-0.15, -0.1) is 0 Å². The van der Waals surface area contributed by atoms with Crippen molar-refractivity contribution >= 4 is 5.97 Å². The smallest absolute Gasteiger partial charge is 0.306 e. The normalized spacial score (nSPS) is 12.1. The summed E-state index contributed by atoms with van der Waals surface area (Å²) in [6.45, 7) is 11.4. The van der Waals surface area contributed by atoms with E-state index in [1.54, 1.807) is 0 Å². The largest absolute Gasteiger partial charge is 0.461 e. The number of ether oxygens (including phenoxy) is 1. The van der Waals surface area contributed by atoms with Crippen LogP contribution in [0.5, 0.6) is 0 Å². The SMILES string of the molecule is CCCCCCCCCCCCCCCCCC(=O)OC/C=C(\C)CC/C=C(\C)CCC=C(C)C. The average Bonchev–Trinajstić information content (AvgIpc) is 2.81. The Morgan fingerprint density at radius 3 is 1.46 bits per heavy atom. The zero-order chi connectivity index (χ0) is 26.0. The lowest BCUT2D eigenvalue weighted by molar-refractivity contribution is -0.142. The molecular formula is C33H60O2. The lowest BCUT2D eigenvalue weighted by Crippen LogP contribution is -2.04.